The lowest BCUT2D eigenvalue weighted by Crippen LogP contribution is -2.50. The summed E-state index contributed by atoms with van der Waals surface area (Å²) in [5, 5.41) is 0. The van der Waals surface area contributed by atoms with Gasteiger partial charge in [0.25, 0.3) is 5.91 Å². The number of carbonyl (C=O) groups is 2. The van der Waals surface area contributed by atoms with E-state index >= 15 is 0 Å². The Kier molecular flexibility index (Phi) is 9.55. The van der Waals surface area contributed by atoms with Gasteiger partial charge in [-0.05, 0) is 73.1 Å². The second kappa shape index (κ2) is 12.1. The van der Waals surface area contributed by atoms with Crippen molar-refractivity contribution in [2.45, 2.75) is 26.8 Å². The molecule has 0 aliphatic carbocycles. The van der Waals surface area contributed by atoms with E-state index in [9.17, 15) is 14.0 Å². The molecule has 0 saturated heterocycles. The van der Waals surface area contributed by atoms with E-state index in [2.05, 4.69) is 4.84 Å². The number of halogens is 2. The number of rotatable bonds is 10. The Morgan fingerprint density at radius 3 is 2.10 bits per heavy atom. The maximum atomic E-state index is 13.0. The minimum absolute atomic E-state index is 0.00666. The number of ether oxygens (including phenoxy) is 3. The number of nitrogens with zero attached hydrogens (tertiary/aromatic N) is 1. The number of amides is 2. The van der Waals surface area contributed by atoms with Crippen LogP contribution in [0.1, 0.15) is 20.8 Å². The molecule has 0 aliphatic heterocycles. The van der Waals surface area contributed by atoms with Crippen LogP contribution in [0.15, 0.2) is 48.5 Å². The van der Waals surface area contributed by atoms with E-state index in [1.54, 1.807) is 31.2 Å². The van der Waals surface area contributed by atoms with Gasteiger partial charge < -0.3 is 14.2 Å². The molecule has 0 saturated carbocycles. The van der Waals surface area contributed by atoms with E-state index in [4.69, 9.17) is 26.0 Å². The number of carbonyl (C=O) groups excluding carboxylic acids is 2. The van der Waals surface area contributed by atoms with E-state index < -0.39 is 18.0 Å². The molecule has 168 valence electrons. The minimum atomic E-state index is -0.753. The van der Waals surface area contributed by atoms with Crippen LogP contribution in [-0.2, 0) is 9.53 Å². The fourth-order valence-electron chi connectivity index (χ4n) is 2.62. The normalized spacial score (nSPS) is 11.7. The molecule has 31 heavy (non-hydrogen) atoms. The molecule has 2 amide bonds. The fourth-order valence-corrected chi connectivity index (χ4v) is 2.96. The van der Waals surface area contributed by atoms with Crippen LogP contribution in [0.3, 0.4) is 0 Å². The number of hydrogen-bond acceptors (Lipinski definition) is 6. The summed E-state index contributed by atoms with van der Waals surface area (Å²) in [5.74, 6) is 0.625. The number of hydrogen-bond donors (Lipinski definition) is 1. The van der Waals surface area contributed by atoms with Crippen molar-refractivity contribution in [1.82, 2.24) is 9.74 Å². The predicted molar refractivity (Wildman–Crippen MR) is 115 cm³/mol. The van der Waals surface area contributed by atoms with E-state index in [0.717, 1.165) is 4.90 Å². The quantitative estimate of drug-likeness (QED) is 0.524. The first-order valence-corrected chi connectivity index (χ1v) is 10.2. The smallest absolute Gasteiger partial charge is 0.416 e. The predicted octanol–water partition coefficient (Wildman–Crippen LogP) is 4.75. The van der Waals surface area contributed by atoms with Gasteiger partial charge in [0.2, 0.25) is 0 Å². The summed E-state index contributed by atoms with van der Waals surface area (Å²) in [6.07, 6.45) is -0.753. The SMILES string of the molecule is CCOC(=O)N(CCOc1ccc(Oc2ccc(F)cc2)cc1)C(=O)C(NCl)C(C)C. The highest BCUT2D eigenvalue weighted by Gasteiger charge is 2.31. The third kappa shape index (κ3) is 7.41. The van der Waals surface area contributed by atoms with Crippen molar-refractivity contribution < 1.29 is 28.2 Å². The second-order valence-electron chi connectivity index (χ2n) is 6.90. The molecule has 0 aliphatic rings. The topological polar surface area (TPSA) is 77.1 Å². The summed E-state index contributed by atoms with van der Waals surface area (Å²) in [7, 11) is 0. The van der Waals surface area contributed by atoms with E-state index in [0.29, 0.717) is 17.2 Å². The van der Waals surface area contributed by atoms with Crippen molar-refractivity contribution >= 4 is 23.8 Å². The highest BCUT2D eigenvalue weighted by molar-refractivity contribution is 6.15. The van der Waals surface area contributed by atoms with Crippen LogP contribution in [0.5, 0.6) is 17.2 Å². The third-order valence-electron chi connectivity index (χ3n) is 4.26. The van der Waals surface area contributed by atoms with Gasteiger partial charge in [0.15, 0.2) is 0 Å². The lowest BCUT2D eigenvalue weighted by Gasteiger charge is -2.26. The zero-order chi connectivity index (χ0) is 22.8. The van der Waals surface area contributed by atoms with Gasteiger partial charge in [0.05, 0.1) is 13.2 Å². The van der Waals surface area contributed by atoms with Crippen LogP contribution in [0, 0.1) is 11.7 Å². The highest BCUT2D eigenvalue weighted by atomic mass is 35.5. The molecular formula is C22H26ClFN2O5. The highest BCUT2D eigenvalue weighted by Crippen LogP contribution is 2.24. The average Bonchev–Trinajstić information content (AvgIpc) is 2.74. The Labute approximate surface area is 186 Å². The first-order chi connectivity index (χ1) is 14.8. The van der Waals surface area contributed by atoms with Crippen LogP contribution >= 0.6 is 11.8 Å². The Hall–Kier alpha value is -2.84. The zero-order valence-electron chi connectivity index (χ0n) is 17.6. The van der Waals surface area contributed by atoms with Gasteiger partial charge in [0, 0.05) is 0 Å². The summed E-state index contributed by atoms with van der Waals surface area (Å²) < 4.78 is 29.2. The molecule has 0 spiro atoms. The molecule has 7 nitrogen and oxygen atoms in total. The molecular weight excluding hydrogens is 427 g/mol. The summed E-state index contributed by atoms with van der Waals surface area (Å²) in [4.78, 5) is 28.3. The molecule has 0 bridgehead atoms. The third-order valence-corrected chi connectivity index (χ3v) is 4.50. The van der Waals surface area contributed by atoms with Crippen LogP contribution in [0.25, 0.3) is 0 Å². The Morgan fingerprint density at radius 2 is 1.58 bits per heavy atom. The largest absolute Gasteiger partial charge is 0.492 e. The lowest BCUT2D eigenvalue weighted by atomic mass is 10.0. The van der Waals surface area contributed by atoms with Crippen molar-refractivity contribution in [3.8, 4) is 17.2 Å². The van der Waals surface area contributed by atoms with Crippen molar-refractivity contribution in [3.05, 3.63) is 54.3 Å². The Bertz CT molecular complexity index is 846. The monoisotopic (exact) mass is 452 g/mol. The first kappa shape index (κ1) is 24.4. The van der Waals surface area contributed by atoms with Gasteiger partial charge in [-0.2, -0.15) is 0 Å². The zero-order valence-corrected chi connectivity index (χ0v) is 18.4. The van der Waals surface area contributed by atoms with E-state index in [1.165, 1.54) is 24.3 Å². The maximum Gasteiger partial charge on any atom is 0.416 e. The van der Waals surface area contributed by atoms with Crippen molar-refractivity contribution in [1.29, 1.82) is 0 Å². The fraction of sp³-hybridized carbons (Fsp3) is 0.364. The summed E-state index contributed by atoms with van der Waals surface area (Å²) in [6, 6.07) is 11.7. The molecule has 1 atom stereocenters. The van der Waals surface area contributed by atoms with Crippen LogP contribution in [0.2, 0.25) is 0 Å². The van der Waals surface area contributed by atoms with Crippen molar-refractivity contribution in [3.63, 3.8) is 0 Å². The van der Waals surface area contributed by atoms with Gasteiger partial charge in [-0.25, -0.2) is 18.9 Å². The molecule has 2 aromatic carbocycles. The molecule has 0 fully saturated rings. The summed E-state index contributed by atoms with van der Waals surface area (Å²) in [6.45, 7) is 5.48. The van der Waals surface area contributed by atoms with Gasteiger partial charge in [-0.15, -0.1) is 0 Å². The molecule has 0 radical (unpaired) electrons. The van der Waals surface area contributed by atoms with E-state index in [-0.39, 0.29) is 31.5 Å². The molecule has 1 N–H and O–H groups in total. The van der Waals surface area contributed by atoms with Crippen molar-refractivity contribution in [2.75, 3.05) is 19.8 Å². The molecule has 1 unspecified atom stereocenters. The Morgan fingerprint density at radius 1 is 1.03 bits per heavy atom. The van der Waals surface area contributed by atoms with Gasteiger partial charge >= 0.3 is 6.09 Å². The average molecular weight is 453 g/mol. The van der Waals surface area contributed by atoms with Gasteiger partial charge in [-0.3, -0.25) is 4.79 Å². The summed E-state index contributed by atoms with van der Waals surface area (Å²) in [5.41, 5.74) is 0. The summed E-state index contributed by atoms with van der Waals surface area (Å²) >= 11 is 5.68. The van der Waals surface area contributed by atoms with Gasteiger partial charge in [-0.1, -0.05) is 13.8 Å². The first-order valence-electron chi connectivity index (χ1n) is 9.86. The molecule has 2 rings (SSSR count). The number of nitrogens with one attached hydrogen (secondary N) is 1. The molecule has 0 heterocycles. The van der Waals surface area contributed by atoms with Crippen LogP contribution in [0.4, 0.5) is 9.18 Å². The number of benzene rings is 2. The number of imide groups is 1. The molecule has 9 heteroatoms. The second-order valence-corrected chi connectivity index (χ2v) is 7.11. The van der Waals surface area contributed by atoms with Crippen LogP contribution < -0.4 is 14.3 Å². The van der Waals surface area contributed by atoms with Crippen LogP contribution in [-0.4, -0.2) is 42.7 Å². The standard InChI is InChI=1S/C22H26ClFN2O5/c1-4-29-22(28)26(21(27)20(25-23)15(2)3)13-14-30-17-9-11-19(12-10-17)31-18-7-5-16(24)6-8-18/h5-12,15,20,25H,4,13-14H2,1-3H3. The lowest BCUT2D eigenvalue weighted by molar-refractivity contribution is -0.132. The van der Waals surface area contributed by atoms with Crippen molar-refractivity contribution in [2.24, 2.45) is 5.92 Å². The van der Waals surface area contributed by atoms with Gasteiger partial charge in [0.1, 0.15) is 35.7 Å². The van der Waals surface area contributed by atoms with E-state index in [1.807, 2.05) is 13.8 Å². The molecule has 2 aromatic rings. The minimum Gasteiger partial charge on any atom is -0.492 e. The maximum absolute atomic E-state index is 13.0. The molecule has 0 aromatic heterocycles. The Balaban J connectivity index is 1.95.